The van der Waals surface area contributed by atoms with Crippen molar-refractivity contribution in [2.45, 2.75) is 6.92 Å². The molecule has 0 atom stereocenters. The molecule has 0 amide bonds. The monoisotopic (exact) mass is 310 g/mol. The fraction of sp³-hybridized carbons (Fsp3) is 0.0588. The van der Waals surface area contributed by atoms with Crippen LogP contribution in [-0.4, -0.2) is 9.78 Å². The second-order valence-electron chi connectivity index (χ2n) is 5.07. The van der Waals surface area contributed by atoms with Gasteiger partial charge in [0.05, 0.1) is 5.69 Å². The second kappa shape index (κ2) is 5.54. The van der Waals surface area contributed by atoms with E-state index in [9.17, 15) is 14.0 Å². The minimum absolute atomic E-state index is 0.0838. The second-order valence-corrected chi connectivity index (χ2v) is 5.07. The lowest BCUT2D eigenvalue weighted by Gasteiger charge is -2.07. The number of hydrogen-bond acceptors (Lipinski definition) is 3. The Bertz CT molecular complexity index is 938. The normalized spacial score (nSPS) is 10.5. The zero-order chi connectivity index (χ0) is 16.6. The molecular weight excluding hydrogens is 298 g/mol. The van der Waals surface area contributed by atoms with Gasteiger partial charge in [0.15, 0.2) is 0 Å². The molecule has 114 valence electrons. The topological polar surface area (TPSA) is 67.6 Å². The van der Waals surface area contributed by atoms with E-state index < -0.39 is 11.6 Å². The summed E-state index contributed by atoms with van der Waals surface area (Å²) in [7, 11) is 0. The number of anilines is 1. The Balaban J connectivity index is 2.26. The molecule has 3 rings (SSSR count). The molecule has 0 fully saturated rings. The van der Waals surface area contributed by atoms with E-state index in [0.717, 1.165) is 5.56 Å². The van der Waals surface area contributed by atoms with E-state index in [1.807, 2.05) is 6.07 Å². The van der Waals surface area contributed by atoms with Crippen molar-refractivity contribution in [3.05, 3.63) is 65.2 Å². The van der Waals surface area contributed by atoms with Crippen molar-refractivity contribution in [2.75, 3.05) is 5.73 Å². The molecule has 1 heterocycles. The molecule has 0 saturated heterocycles. The van der Waals surface area contributed by atoms with Crippen LogP contribution in [0.25, 0.3) is 16.9 Å². The molecule has 0 saturated carbocycles. The van der Waals surface area contributed by atoms with Gasteiger partial charge in [-0.2, -0.15) is 10.4 Å². The van der Waals surface area contributed by atoms with Crippen molar-refractivity contribution in [1.29, 1.82) is 5.26 Å². The van der Waals surface area contributed by atoms with Crippen LogP contribution < -0.4 is 5.73 Å². The van der Waals surface area contributed by atoms with Crippen molar-refractivity contribution in [1.82, 2.24) is 9.78 Å². The predicted octanol–water partition coefficient (Wildman–Crippen LogP) is 3.58. The summed E-state index contributed by atoms with van der Waals surface area (Å²) in [4.78, 5) is 0. The molecule has 2 N–H and O–H groups in total. The molecule has 1 aromatic heterocycles. The Morgan fingerprint density at radius 2 is 1.87 bits per heavy atom. The lowest BCUT2D eigenvalue weighted by Crippen LogP contribution is -2.04. The van der Waals surface area contributed by atoms with Crippen molar-refractivity contribution >= 4 is 5.82 Å². The van der Waals surface area contributed by atoms with Gasteiger partial charge >= 0.3 is 0 Å². The van der Waals surface area contributed by atoms with Crippen molar-refractivity contribution in [2.24, 2.45) is 0 Å². The third kappa shape index (κ3) is 2.53. The number of halogens is 2. The summed E-state index contributed by atoms with van der Waals surface area (Å²) in [6.45, 7) is 1.78. The number of nitrogens with zero attached hydrogens (tertiary/aromatic N) is 3. The maximum atomic E-state index is 13.5. The molecule has 2 aromatic carbocycles. The van der Waals surface area contributed by atoms with Crippen LogP contribution in [0.15, 0.2) is 42.5 Å². The largest absolute Gasteiger partial charge is 0.382 e. The Labute approximate surface area is 131 Å². The number of benzene rings is 2. The van der Waals surface area contributed by atoms with Crippen LogP contribution in [-0.2, 0) is 0 Å². The maximum absolute atomic E-state index is 13.5. The fourth-order valence-electron chi connectivity index (χ4n) is 2.37. The van der Waals surface area contributed by atoms with Gasteiger partial charge in [-0.15, -0.1) is 0 Å². The summed E-state index contributed by atoms with van der Waals surface area (Å²) >= 11 is 0. The van der Waals surface area contributed by atoms with Crippen LogP contribution in [0.1, 0.15) is 11.1 Å². The highest BCUT2D eigenvalue weighted by Gasteiger charge is 2.19. The Hall–Kier alpha value is -3.20. The summed E-state index contributed by atoms with van der Waals surface area (Å²) in [5.41, 5.74) is 7.99. The van der Waals surface area contributed by atoms with Gasteiger partial charge in [0.1, 0.15) is 34.8 Å². The first-order valence-electron chi connectivity index (χ1n) is 6.82. The minimum atomic E-state index is -0.443. The summed E-state index contributed by atoms with van der Waals surface area (Å²) in [6.07, 6.45) is 0. The van der Waals surface area contributed by atoms with E-state index >= 15 is 0 Å². The van der Waals surface area contributed by atoms with Gasteiger partial charge in [-0.05, 0) is 36.8 Å². The van der Waals surface area contributed by atoms with Crippen LogP contribution in [0.5, 0.6) is 0 Å². The number of aryl methyl sites for hydroxylation is 1. The summed E-state index contributed by atoms with van der Waals surface area (Å²) in [5.74, 6) is -0.798. The summed E-state index contributed by atoms with van der Waals surface area (Å²) in [5, 5.41) is 13.7. The van der Waals surface area contributed by atoms with Crippen LogP contribution in [0.4, 0.5) is 14.6 Å². The van der Waals surface area contributed by atoms with Crippen molar-refractivity contribution < 1.29 is 8.78 Å². The SMILES string of the molecule is Cc1ccc(F)cc1-n1nc(-c2cccc(F)c2)c(C#N)c1N. The van der Waals surface area contributed by atoms with E-state index in [-0.39, 0.29) is 17.1 Å². The summed E-state index contributed by atoms with van der Waals surface area (Å²) in [6, 6.07) is 11.9. The first kappa shape index (κ1) is 14.7. The standard InChI is InChI=1S/C17H12F2N4/c1-10-5-6-13(19)8-15(10)23-17(21)14(9-20)16(22-23)11-3-2-4-12(18)7-11/h2-8H,21H2,1H3. The molecular formula is C17H12F2N4. The van der Waals surface area contributed by atoms with E-state index in [0.29, 0.717) is 11.3 Å². The van der Waals surface area contributed by atoms with Gasteiger partial charge in [0, 0.05) is 5.56 Å². The van der Waals surface area contributed by atoms with E-state index in [2.05, 4.69) is 5.10 Å². The quantitative estimate of drug-likeness (QED) is 0.786. The smallest absolute Gasteiger partial charge is 0.145 e. The van der Waals surface area contributed by atoms with Gasteiger partial charge in [0.2, 0.25) is 0 Å². The van der Waals surface area contributed by atoms with E-state index in [4.69, 9.17) is 5.73 Å². The lowest BCUT2D eigenvalue weighted by atomic mass is 10.1. The first-order chi connectivity index (χ1) is 11.0. The van der Waals surface area contributed by atoms with Crippen LogP contribution in [0, 0.1) is 29.9 Å². The van der Waals surface area contributed by atoms with E-state index in [1.165, 1.54) is 35.0 Å². The van der Waals surface area contributed by atoms with Crippen molar-refractivity contribution in [3.63, 3.8) is 0 Å². The fourth-order valence-corrected chi connectivity index (χ4v) is 2.37. The zero-order valence-electron chi connectivity index (χ0n) is 12.2. The minimum Gasteiger partial charge on any atom is -0.382 e. The Morgan fingerprint density at radius 1 is 1.13 bits per heavy atom. The maximum Gasteiger partial charge on any atom is 0.145 e. The molecule has 4 nitrogen and oxygen atoms in total. The highest BCUT2D eigenvalue weighted by Crippen LogP contribution is 2.30. The highest BCUT2D eigenvalue weighted by molar-refractivity contribution is 5.74. The Morgan fingerprint density at radius 3 is 2.57 bits per heavy atom. The van der Waals surface area contributed by atoms with Crippen molar-refractivity contribution in [3.8, 4) is 23.0 Å². The summed E-state index contributed by atoms with van der Waals surface area (Å²) < 4.78 is 28.3. The number of rotatable bonds is 2. The van der Waals surface area contributed by atoms with Crippen LogP contribution in [0.3, 0.4) is 0 Å². The molecule has 0 aliphatic rings. The number of nitrogen functional groups attached to an aromatic ring is 1. The van der Waals surface area contributed by atoms with Gasteiger partial charge in [-0.3, -0.25) is 0 Å². The number of aromatic nitrogens is 2. The number of nitrogens with two attached hydrogens (primary N) is 1. The molecule has 0 spiro atoms. The van der Waals surface area contributed by atoms with Gasteiger partial charge < -0.3 is 5.73 Å². The van der Waals surface area contributed by atoms with Crippen LogP contribution >= 0.6 is 0 Å². The Kier molecular flexibility index (Phi) is 3.54. The van der Waals surface area contributed by atoms with Gasteiger partial charge in [0.25, 0.3) is 0 Å². The average molecular weight is 310 g/mol. The molecule has 0 radical (unpaired) electrons. The predicted molar refractivity (Wildman–Crippen MR) is 82.8 cm³/mol. The molecule has 23 heavy (non-hydrogen) atoms. The first-order valence-corrected chi connectivity index (χ1v) is 6.82. The van der Waals surface area contributed by atoms with Gasteiger partial charge in [-0.1, -0.05) is 18.2 Å². The highest BCUT2D eigenvalue weighted by atomic mass is 19.1. The molecule has 0 aliphatic carbocycles. The third-order valence-electron chi connectivity index (χ3n) is 3.53. The molecule has 0 unspecified atom stereocenters. The average Bonchev–Trinajstić information content (AvgIpc) is 2.86. The molecule has 0 bridgehead atoms. The number of nitriles is 1. The molecule has 6 heteroatoms. The van der Waals surface area contributed by atoms with E-state index in [1.54, 1.807) is 19.1 Å². The lowest BCUT2D eigenvalue weighted by molar-refractivity contribution is 0.625. The zero-order valence-corrected chi connectivity index (χ0v) is 12.2. The molecule has 3 aromatic rings. The number of hydrogen-bond donors (Lipinski definition) is 1. The third-order valence-corrected chi connectivity index (χ3v) is 3.53. The van der Waals surface area contributed by atoms with Gasteiger partial charge in [-0.25, -0.2) is 13.5 Å². The van der Waals surface area contributed by atoms with Crippen LogP contribution in [0.2, 0.25) is 0 Å². The molecule has 0 aliphatic heterocycles.